The highest BCUT2D eigenvalue weighted by Gasteiger charge is 2.30. The van der Waals surface area contributed by atoms with Crippen molar-refractivity contribution in [1.82, 2.24) is 9.80 Å². The highest BCUT2D eigenvalue weighted by Crippen LogP contribution is 2.25. The summed E-state index contributed by atoms with van der Waals surface area (Å²) in [5, 5.41) is 0. The molecule has 0 aromatic heterocycles. The Morgan fingerprint density at radius 1 is 1.28 bits per heavy atom. The van der Waals surface area contributed by atoms with Crippen molar-refractivity contribution in [3.8, 4) is 0 Å². The summed E-state index contributed by atoms with van der Waals surface area (Å²) in [6.07, 6.45) is 2.09. The first kappa shape index (κ1) is 13.0. The highest BCUT2D eigenvalue weighted by molar-refractivity contribution is 5.83. The van der Waals surface area contributed by atoms with E-state index in [1.165, 1.54) is 6.07 Å². The molecule has 1 aliphatic heterocycles. The van der Waals surface area contributed by atoms with Crippen molar-refractivity contribution in [3.05, 3.63) is 35.6 Å². The monoisotopic (exact) mass is 250 g/mol. The maximum Gasteiger partial charge on any atom is 0.244 e. The molecule has 18 heavy (non-hydrogen) atoms. The van der Waals surface area contributed by atoms with E-state index in [2.05, 4.69) is 0 Å². The zero-order valence-electron chi connectivity index (χ0n) is 10.9. The normalized spacial score (nSPS) is 17.2. The lowest BCUT2D eigenvalue weighted by Gasteiger charge is -2.28. The van der Waals surface area contributed by atoms with E-state index in [0.29, 0.717) is 5.56 Å². The Morgan fingerprint density at radius 2 is 1.89 bits per heavy atom. The number of likely N-dealkylation sites (N-methyl/N-ethyl adjacent to an activating group) is 1. The van der Waals surface area contributed by atoms with Crippen LogP contribution >= 0.6 is 0 Å². The zero-order valence-corrected chi connectivity index (χ0v) is 10.9. The maximum absolute atomic E-state index is 13.8. The summed E-state index contributed by atoms with van der Waals surface area (Å²) in [6.45, 7) is 1.58. The Balaban J connectivity index is 2.28. The van der Waals surface area contributed by atoms with Gasteiger partial charge in [0.15, 0.2) is 0 Å². The van der Waals surface area contributed by atoms with Crippen molar-refractivity contribution in [2.45, 2.75) is 18.9 Å². The molecule has 2 rings (SSSR count). The molecular weight excluding hydrogens is 231 g/mol. The van der Waals surface area contributed by atoms with Gasteiger partial charge in [-0.3, -0.25) is 9.69 Å². The molecule has 1 heterocycles. The van der Waals surface area contributed by atoms with Crippen molar-refractivity contribution < 1.29 is 9.18 Å². The minimum Gasteiger partial charge on any atom is -0.341 e. The van der Waals surface area contributed by atoms with Crippen LogP contribution in [-0.2, 0) is 4.79 Å². The van der Waals surface area contributed by atoms with Gasteiger partial charge in [-0.2, -0.15) is 0 Å². The fraction of sp³-hybridized carbons (Fsp3) is 0.500. The Labute approximate surface area is 107 Å². The van der Waals surface area contributed by atoms with E-state index in [0.717, 1.165) is 25.9 Å². The molecule has 0 N–H and O–H groups in total. The fourth-order valence-electron chi connectivity index (χ4n) is 2.44. The van der Waals surface area contributed by atoms with Gasteiger partial charge in [0.05, 0.1) is 0 Å². The molecule has 0 saturated carbocycles. The van der Waals surface area contributed by atoms with E-state index in [1.807, 2.05) is 19.0 Å². The number of likely N-dealkylation sites (tertiary alicyclic amines) is 1. The summed E-state index contributed by atoms with van der Waals surface area (Å²) < 4.78 is 13.8. The summed E-state index contributed by atoms with van der Waals surface area (Å²) in [4.78, 5) is 16.1. The molecule has 1 atom stereocenters. The third-order valence-corrected chi connectivity index (χ3v) is 3.37. The lowest BCUT2D eigenvalue weighted by atomic mass is 10.0. The second-order valence-electron chi connectivity index (χ2n) is 4.92. The van der Waals surface area contributed by atoms with E-state index in [-0.39, 0.29) is 11.7 Å². The lowest BCUT2D eigenvalue weighted by Crippen LogP contribution is -2.39. The standard InChI is InChI=1S/C14H19FN2O/c1-16(2)13(11-7-3-4-8-12(11)15)14(18)17-9-5-6-10-17/h3-4,7-8,13H,5-6,9-10H2,1-2H3/t13-/m1/s1. The summed E-state index contributed by atoms with van der Waals surface area (Å²) >= 11 is 0. The average molecular weight is 250 g/mol. The molecular formula is C14H19FN2O. The van der Waals surface area contributed by atoms with Crippen molar-refractivity contribution >= 4 is 5.91 Å². The number of hydrogen-bond acceptors (Lipinski definition) is 2. The minimum absolute atomic E-state index is 0.00241. The van der Waals surface area contributed by atoms with E-state index in [4.69, 9.17) is 0 Å². The second kappa shape index (κ2) is 5.48. The predicted molar refractivity (Wildman–Crippen MR) is 68.6 cm³/mol. The first-order valence-corrected chi connectivity index (χ1v) is 6.31. The number of amides is 1. The van der Waals surface area contributed by atoms with E-state index in [9.17, 15) is 9.18 Å². The number of benzene rings is 1. The molecule has 4 heteroatoms. The SMILES string of the molecule is CN(C)[C@@H](C(=O)N1CCCC1)c1ccccc1F. The van der Waals surface area contributed by atoms with Crippen LogP contribution in [0.15, 0.2) is 24.3 Å². The molecule has 0 unspecified atom stereocenters. The van der Waals surface area contributed by atoms with Gasteiger partial charge in [0, 0.05) is 18.7 Å². The van der Waals surface area contributed by atoms with Gasteiger partial charge >= 0.3 is 0 Å². The lowest BCUT2D eigenvalue weighted by molar-refractivity contribution is -0.135. The molecule has 1 saturated heterocycles. The average Bonchev–Trinajstić information content (AvgIpc) is 2.85. The van der Waals surface area contributed by atoms with Crippen LogP contribution in [-0.4, -0.2) is 42.9 Å². The predicted octanol–water partition coefficient (Wildman–Crippen LogP) is 2.05. The van der Waals surface area contributed by atoms with Gasteiger partial charge in [-0.05, 0) is 33.0 Å². The largest absolute Gasteiger partial charge is 0.341 e. The van der Waals surface area contributed by atoms with E-state index in [1.54, 1.807) is 23.1 Å². The van der Waals surface area contributed by atoms with Crippen molar-refractivity contribution in [2.75, 3.05) is 27.2 Å². The number of rotatable bonds is 3. The van der Waals surface area contributed by atoms with Gasteiger partial charge in [0.1, 0.15) is 11.9 Å². The first-order chi connectivity index (χ1) is 8.61. The van der Waals surface area contributed by atoms with Crippen molar-refractivity contribution in [3.63, 3.8) is 0 Å². The Morgan fingerprint density at radius 3 is 2.44 bits per heavy atom. The van der Waals surface area contributed by atoms with Gasteiger partial charge in [0.2, 0.25) is 5.91 Å². The molecule has 98 valence electrons. The zero-order chi connectivity index (χ0) is 13.1. The highest BCUT2D eigenvalue weighted by atomic mass is 19.1. The van der Waals surface area contributed by atoms with Crippen LogP contribution in [0.25, 0.3) is 0 Å². The number of hydrogen-bond donors (Lipinski definition) is 0. The number of carbonyl (C=O) groups is 1. The summed E-state index contributed by atoms with van der Waals surface area (Å²) in [5.41, 5.74) is 0.458. The van der Waals surface area contributed by atoms with Gasteiger partial charge < -0.3 is 4.90 Å². The summed E-state index contributed by atoms with van der Waals surface area (Å²) in [5.74, 6) is -0.314. The molecule has 3 nitrogen and oxygen atoms in total. The van der Waals surface area contributed by atoms with Crippen LogP contribution in [0.4, 0.5) is 4.39 Å². The third kappa shape index (κ3) is 2.53. The van der Waals surface area contributed by atoms with Crippen LogP contribution in [0.3, 0.4) is 0 Å². The van der Waals surface area contributed by atoms with Crippen LogP contribution < -0.4 is 0 Å². The van der Waals surface area contributed by atoms with Gasteiger partial charge in [-0.25, -0.2) is 4.39 Å². The van der Waals surface area contributed by atoms with Crippen LogP contribution in [0.2, 0.25) is 0 Å². The van der Waals surface area contributed by atoms with E-state index >= 15 is 0 Å². The van der Waals surface area contributed by atoms with Crippen LogP contribution in [0.1, 0.15) is 24.4 Å². The molecule has 1 aromatic carbocycles. The van der Waals surface area contributed by atoms with Gasteiger partial charge in [-0.15, -0.1) is 0 Å². The Bertz CT molecular complexity index is 428. The number of nitrogens with zero attached hydrogens (tertiary/aromatic N) is 2. The molecule has 1 amide bonds. The Kier molecular flexibility index (Phi) is 3.97. The fourth-order valence-corrected chi connectivity index (χ4v) is 2.44. The second-order valence-corrected chi connectivity index (χ2v) is 4.92. The van der Waals surface area contributed by atoms with Crippen molar-refractivity contribution in [1.29, 1.82) is 0 Å². The summed E-state index contributed by atoms with van der Waals surface area (Å²) in [6, 6.07) is 5.99. The quantitative estimate of drug-likeness (QED) is 0.819. The topological polar surface area (TPSA) is 23.6 Å². The molecule has 1 fully saturated rings. The molecule has 0 bridgehead atoms. The molecule has 0 radical (unpaired) electrons. The molecule has 0 aliphatic carbocycles. The third-order valence-electron chi connectivity index (χ3n) is 3.37. The maximum atomic E-state index is 13.8. The Hall–Kier alpha value is -1.42. The van der Waals surface area contributed by atoms with Crippen molar-refractivity contribution in [2.24, 2.45) is 0 Å². The molecule has 0 spiro atoms. The van der Waals surface area contributed by atoms with Crippen LogP contribution in [0, 0.1) is 5.82 Å². The van der Waals surface area contributed by atoms with E-state index < -0.39 is 6.04 Å². The molecule has 1 aromatic rings. The van der Waals surface area contributed by atoms with Crippen LogP contribution in [0.5, 0.6) is 0 Å². The van der Waals surface area contributed by atoms with Gasteiger partial charge in [0.25, 0.3) is 0 Å². The molecule has 1 aliphatic rings. The first-order valence-electron chi connectivity index (χ1n) is 6.31. The number of halogens is 1. The number of carbonyl (C=O) groups excluding carboxylic acids is 1. The smallest absolute Gasteiger partial charge is 0.244 e. The van der Waals surface area contributed by atoms with Gasteiger partial charge in [-0.1, -0.05) is 18.2 Å². The summed E-state index contributed by atoms with van der Waals surface area (Å²) in [7, 11) is 3.62. The minimum atomic E-state index is -0.524.